The van der Waals surface area contributed by atoms with Gasteiger partial charge in [0.05, 0.1) is 23.0 Å². The lowest BCUT2D eigenvalue weighted by Gasteiger charge is -2.22. The minimum Gasteiger partial charge on any atom is -0.507 e. The second-order valence-corrected chi connectivity index (χ2v) is 20.0. The van der Waals surface area contributed by atoms with Gasteiger partial charge in [-0.15, -0.1) is 0 Å². The quantitative estimate of drug-likeness (QED) is 0.0438. The maximum Gasteiger partial charge on any atom is 0.295 e. The zero-order valence-electron chi connectivity index (χ0n) is 33.2. The van der Waals surface area contributed by atoms with Gasteiger partial charge >= 0.3 is 0 Å². The van der Waals surface area contributed by atoms with Gasteiger partial charge in [-0.25, -0.2) is 0 Å². The van der Waals surface area contributed by atoms with E-state index in [1.54, 1.807) is 27.7 Å². The van der Waals surface area contributed by atoms with Crippen molar-refractivity contribution < 1.29 is 71.6 Å². The lowest BCUT2D eigenvalue weighted by molar-refractivity contribution is 0.318. The number of benzene rings is 6. The summed E-state index contributed by atoms with van der Waals surface area (Å²) in [7, 11) is -20.0. The lowest BCUT2D eigenvalue weighted by Crippen LogP contribution is -2.06. The average molecular weight is 933 g/mol. The largest absolute Gasteiger partial charge is 0.507 e. The van der Waals surface area contributed by atoms with Crippen molar-refractivity contribution >= 4 is 73.4 Å². The number of phenols is 2. The third kappa shape index (κ3) is 8.55. The van der Waals surface area contributed by atoms with Crippen molar-refractivity contribution in [2.75, 3.05) is 24.7 Å². The van der Waals surface area contributed by atoms with Crippen LogP contribution in [0.4, 0.5) is 11.4 Å². The van der Waals surface area contributed by atoms with Crippen LogP contribution in [0.25, 0.3) is 54.9 Å². The molecule has 62 heavy (non-hydrogen) atoms. The van der Waals surface area contributed by atoms with Gasteiger partial charge in [0.1, 0.15) is 32.8 Å². The summed E-state index contributed by atoms with van der Waals surface area (Å²) in [4.78, 5) is -3.10. The fourth-order valence-electron chi connectivity index (χ4n) is 7.24. The minimum atomic E-state index is -5.18. The summed E-state index contributed by atoms with van der Waals surface area (Å²) in [6, 6.07) is 11.2. The zero-order chi connectivity index (χ0) is 46.0. The highest BCUT2D eigenvalue weighted by Gasteiger charge is 2.31. The Morgan fingerprint density at radius 1 is 0.484 bits per heavy atom. The summed E-state index contributed by atoms with van der Waals surface area (Å²) >= 11 is 0. The number of nitrogens with two attached hydrogens (primary N) is 2. The maximum atomic E-state index is 12.9. The van der Waals surface area contributed by atoms with E-state index < -0.39 is 82.7 Å². The van der Waals surface area contributed by atoms with E-state index in [0.29, 0.717) is 35.1 Å². The van der Waals surface area contributed by atoms with Crippen LogP contribution in [0.2, 0.25) is 0 Å². The molecule has 0 fully saturated rings. The second kappa shape index (κ2) is 16.2. The topological polar surface area (TPSA) is 328 Å². The van der Waals surface area contributed by atoms with Crippen molar-refractivity contribution in [1.29, 1.82) is 0 Å². The van der Waals surface area contributed by atoms with Crippen LogP contribution in [0.3, 0.4) is 0 Å². The molecular weight excluding hydrogens is 893 g/mol. The average Bonchev–Trinajstić information content (AvgIpc) is 3.14. The summed E-state index contributed by atoms with van der Waals surface area (Å²) in [5.41, 5.74) is 12.3. The van der Waals surface area contributed by atoms with Gasteiger partial charge in [-0.3, -0.25) is 18.2 Å². The van der Waals surface area contributed by atoms with Crippen LogP contribution in [0.5, 0.6) is 23.0 Å². The van der Waals surface area contributed by atoms with Gasteiger partial charge in [-0.05, 0) is 120 Å². The van der Waals surface area contributed by atoms with E-state index in [1.807, 2.05) is 0 Å². The molecule has 22 heteroatoms. The molecule has 0 spiro atoms. The highest BCUT2D eigenvalue weighted by atomic mass is 32.2. The Morgan fingerprint density at radius 2 is 0.823 bits per heavy atom. The number of anilines is 2. The molecule has 0 saturated heterocycles. The summed E-state index contributed by atoms with van der Waals surface area (Å²) in [5, 5.41) is 22.5. The Labute approximate surface area is 356 Å². The predicted molar refractivity (Wildman–Crippen MR) is 230 cm³/mol. The van der Waals surface area contributed by atoms with Gasteiger partial charge < -0.3 is 31.2 Å². The van der Waals surface area contributed by atoms with Crippen LogP contribution in [0.1, 0.15) is 37.8 Å². The van der Waals surface area contributed by atoms with Crippen molar-refractivity contribution in [1.82, 2.24) is 0 Å². The first-order valence-electron chi connectivity index (χ1n) is 18.3. The van der Waals surface area contributed by atoms with Gasteiger partial charge in [0, 0.05) is 44.4 Å². The van der Waals surface area contributed by atoms with Gasteiger partial charge in [0.15, 0.2) is 0 Å². The number of phenolic OH excluding ortho intramolecular Hbond substituents is 2. The molecule has 0 saturated carbocycles. The molecule has 0 unspecified atom stereocenters. The van der Waals surface area contributed by atoms with Gasteiger partial charge in [0.25, 0.3) is 40.5 Å². The van der Waals surface area contributed by atoms with E-state index in [-0.39, 0.29) is 68.8 Å². The van der Waals surface area contributed by atoms with Gasteiger partial charge in [-0.1, -0.05) is 13.8 Å². The van der Waals surface area contributed by atoms with Gasteiger partial charge in [-0.2, -0.15) is 33.7 Å². The Kier molecular flexibility index (Phi) is 12.0. The van der Waals surface area contributed by atoms with Gasteiger partial charge in [0.2, 0.25) is 0 Å². The molecule has 6 aromatic carbocycles. The molecule has 0 atom stereocenters. The molecule has 0 aromatic heterocycles. The van der Waals surface area contributed by atoms with E-state index in [0.717, 1.165) is 36.4 Å². The van der Waals surface area contributed by atoms with Crippen LogP contribution < -0.4 is 20.9 Å². The molecule has 0 aliphatic rings. The van der Waals surface area contributed by atoms with E-state index >= 15 is 0 Å². The first kappa shape index (κ1) is 45.8. The molecule has 6 rings (SSSR count). The second-order valence-electron chi connectivity index (χ2n) is 14.3. The molecule has 6 aromatic rings. The minimum absolute atomic E-state index is 0.000187. The summed E-state index contributed by atoms with van der Waals surface area (Å²) in [5.74, 6) is -1.53. The number of nitrogen functional groups attached to an aromatic ring is 2. The third-order valence-corrected chi connectivity index (χ3v) is 13.3. The van der Waals surface area contributed by atoms with Crippen molar-refractivity contribution in [3.8, 4) is 56.4 Å². The van der Waals surface area contributed by atoms with Crippen LogP contribution in [0, 0.1) is 13.8 Å². The predicted octanol–water partition coefficient (Wildman–Crippen LogP) is 6.75. The molecule has 330 valence electrons. The third-order valence-electron chi connectivity index (χ3n) is 9.92. The number of ether oxygens (including phenoxy) is 2. The maximum absolute atomic E-state index is 12.9. The first-order chi connectivity index (χ1) is 28.7. The van der Waals surface area contributed by atoms with E-state index in [9.17, 15) is 62.1 Å². The summed E-state index contributed by atoms with van der Waals surface area (Å²) in [6.07, 6.45) is 0.914. The first-order valence-corrected chi connectivity index (χ1v) is 24.1. The molecule has 18 nitrogen and oxygen atoms in total. The highest BCUT2D eigenvalue weighted by molar-refractivity contribution is 7.86. The van der Waals surface area contributed by atoms with E-state index in [1.165, 1.54) is 24.3 Å². The molecule has 0 aliphatic heterocycles. The Bertz CT molecular complexity index is 3110. The number of hydrogen-bond acceptors (Lipinski definition) is 14. The molecule has 10 N–H and O–H groups in total. The number of rotatable bonds is 13. The Morgan fingerprint density at radius 3 is 1.11 bits per heavy atom. The zero-order valence-corrected chi connectivity index (χ0v) is 36.4. The number of hydrogen-bond donors (Lipinski definition) is 8. The fraction of sp³-hybridized carbons (Fsp3) is 0.200. The lowest BCUT2D eigenvalue weighted by atomic mass is 9.89. The van der Waals surface area contributed by atoms with Crippen molar-refractivity contribution in [3.05, 3.63) is 71.8 Å². The van der Waals surface area contributed by atoms with Crippen LogP contribution in [-0.2, 0) is 40.5 Å². The smallest absolute Gasteiger partial charge is 0.295 e. The number of aryl methyl sites for hydroxylation is 2. The SMILES string of the molecule is CCCOc1cc(-c2cc(OCCC)c(-c3c(S(=O)(=O)O)cc4cc(S(=O)(=O)O)cc(N)c4c3O)cc2C)c(C)cc1-c1c(S(=O)(=O)O)cc2cc(S(=O)(=O)O)cc(N)c2c1O. The fourth-order valence-corrected chi connectivity index (χ4v) is 9.82. The normalized spacial score (nSPS) is 12.6. The standard InChI is InChI=1S/C40H40N2O16S4/c1-5-7-57-31-17-25(19(3)9-27(31)37-33(61(51,52)53)13-21-11-23(59(45,46)47)15-29(41)35(21)39(37)43)26-18-32(58-8-6-2)28(10-20(26)4)38-34(62(54,55)56)14-22-12-24(60(48,49)50)16-30(42)36(22)40(38)44/h9-18,43-44H,5-8,41-42H2,1-4H3,(H,45,46,47)(H,48,49,50)(H,51,52,53)(H,54,55,56). The van der Waals surface area contributed by atoms with Crippen LogP contribution in [0.15, 0.2) is 80.2 Å². The highest BCUT2D eigenvalue weighted by Crippen LogP contribution is 2.51. The molecule has 0 aliphatic carbocycles. The molecule has 0 bridgehead atoms. The van der Waals surface area contributed by atoms with E-state index in [4.69, 9.17) is 20.9 Å². The van der Waals surface area contributed by atoms with E-state index in [2.05, 4.69) is 0 Å². The molecule has 0 amide bonds. The molecular formula is C40H40N2O16S4. The Balaban J connectivity index is 1.66. The number of aromatic hydroxyl groups is 2. The summed E-state index contributed by atoms with van der Waals surface area (Å²) < 4.78 is 152. The van der Waals surface area contributed by atoms with Crippen LogP contribution in [-0.4, -0.2) is 75.3 Å². The Hall–Kier alpha value is -5.72. The summed E-state index contributed by atoms with van der Waals surface area (Å²) in [6.45, 7) is 7.00. The monoisotopic (exact) mass is 932 g/mol. The van der Waals surface area contributed by atoms with Crippen molar-refractivity contribution in [2.24, 2.45) is 0 Å². The molecule has 0 radical (unpaired) electrons. The molecule has 0 heterocycles. The number of fused-ring (bicyclic) bond motifs is 2. The van der Waals surface area contributed by atoms with Crippen molar-refractivity contribution in [2.45, 2.75) is 60.1 Å². The van der Waals surface area contributed by atoms with Crippen molar-refractivity contribution in [3.63, 3.8) is 0 Å². The van der Waals surface area contributed by atoms with Crippen LogP contribution >= 0.6 is 0 Å².